The molecule has 7 heteroatoms. The molecule has 1 amide bonds. The van der Waals surface area contributed by atoms with Crippen molar-refractivity contribution in [2.75, 3.05) is 11.9 Å². The van der Waals surface area contributed by atoms with Crippen LogP contribution in [-0.2, 0) is 13.0 Å². The monoisotopic (exact) mass is 299 g/mol. The van der Waals surface area contributed by atoms with Crippen LogP contribution in [0.15, 0.2) is 30.6 Å². The molecule has 0 aliphatic carbocycles. The van der Waals surface area contributed by atoms with Gasteiger partial charge in [-0.15, -0.1) is 11.3 Å². The van der Waals surface area contributed by atoms with E-state index in [-0.39, 0.29) is 5.91 Å². The molecular formula is C14H13N5OS. The number of fused-ring (bicyclic) bond motifs is 2. The van der Waals surface area contributed by atoms with Gasteiger partial charge in [-0.05, 0) is 12.1 Å². The molecule has 0 fully saturated rings. The standard InChI is InChI=1S/C14H13N5OS/c20-13(9-7-16-19-6-2-1-3-11(9)19)18-14-17-10-4-5-15-8-12(10)21-14/h1-3,6-7,15H,4-5,8H2,(H,17,18,20). The van der Waals surface area contributed by atoms with Gasteiger partial charge in [-0.3, -0.25) is 10.1 Å². The topological polar surface area (TPSA) is 71.3 Å². The number of pyridine rings is 1. The third kappa shape index (κ3) is 2.20. The fraction of sp³-hybridized carbons (Fsp3) is 0.214. The molecule has 0 atom stereocenters. The predicted molar refractivity (Wildman–Crippen MR) is 80.7 cm³/mol. The molecule has 4 heterocycles. The Morgan fingerprint density at radius 3 is 3.29 bits per heavy atom. The summed E-state index contributed by atoms with van der Waals surface area (Å²) in [5.41, 5.74) is 2.44. The number of amides is 1. The minimum absolute atomic E-state index is 0.171. The quantitative estimate of drug-likeness (QED) is 0.755. The van der Waals surface area contributed by atoms with Crippen LogP contribution in [-0.4, -0.2) is 27.0 Å². The van der Waals surface area contributed by atoms with E-state index >= 15 is 0 Å². The van der Waals surface area contributed by atoms with Gasteiger partial charge in [-0.1, -0.05) is 6.07 Å². The van der Waals surface area contributed by atoms with Crippen molar-refractivity contribution < 1.29 is 4.79 Å². The van der Waals surface area contributed by atoms with Crippen molar-refractivity contribution in [1.29, 1.82) is 0 Å². The molecule has 6 nitrogen and oxygen atoms in total. The summed E-state index contributed by atoms with van der Waals surface area (Å²) >= 11 is 1.53. The van der Waals surface area contributed by atoms with Gasteiger partial charge in [0.15, 0.2) is 5.13 Å². The van der Waals surface area contributed by atoms with E-state index in [2.05, 4.69) is 20.7 Å². The van der Waals surface area contributed by atoms with E-state index in [4.69, 9.17) is 0 Å². The van der Waals surface area contributed by atoms with Gasteiger partial charge >= 0.3 is 0 Å². The minimum Gasteiger partial charge on any atom is -0.311 e. The molecule has 1 aliphatic rings. The summed E-state index contributed by atoms with van der Waals surface area (Å²) in [4.78, 5) is 18.1. The average Bonchev–Trinajstić information content (AvgIpc) is 3.10. The van der Waals surface area contributed by atoms with Crippen LogP contribution < -0.4 is 10.6 Å². The van der Waals surface area contributed by atoms with Crippen molar-refractivity contribution in [2.24, 2.45) is 0 Å². The minimum atomic E-state index is -0.171. The lowest BCUT2D eigenvalue weighted by atomic mass is 10.2. The molecule has 4 rings (SSSR count). The Hall–Kier alpha value is -2.25. The van der Waals surface area contributed by atoms with Crippen LogP contribution in [0.1, 0.15) is 20.9 Å². The first-order chi connectivity index (χ1) is 10.3. The summed E-state index contributed by atoms with van der Waals surface area (Å²) in [7, 11) is 0. The van der Waals surface area contributed by atoms with Crippen LogP contribution in [0, 0.1) is 0 Å². The Kier molecular flexibility index (Phi) is 2.94. The Bertz CT molecular complexity index is 798. The number of aromatic nitrogens is 3. The van der Waals surface area contributed by atoms with E-state index in [9.17, 15) is 4.79 Å². The molecule has 0 aromatic carbocycles. The molecule has 0 saturated carbocycles. The smallest absolute Gasteiger partial charge is 0.261 e. The number of carbonyl (C=O) groups is 1. The summed E-state index contributed by atoms with van der Waals surface area (Å²) in [5.74, 6) is -0.171. The van der Waals surface area contributed by atoms with Crippen molar-refractivity contribution in [1.82, 2.24) is 19.9 Å². The summed E-state index contributed by atoms with van der Waals surface area (Å²) in [6.07, 6.45) is 4.32. The molecule has 0 bridgehead atoms. The largest absolute Gasteiger partial charge is 0.311 e. The zero-order valence-electron chi connectivity index (χ0n) is 11.2. The molecule has 3 aromatic heterocycles. The van der Waals surface area contributed by atoms with Gasteiger partial charge in [0.25, 0.3) is 5.91 Å². The van der Waals surface area contributed by atoms with E-state index in [1.54, 1.807) is 10.7 Å². The first-order valence-electron chi connectivity index (χ1n) is 6.74. The molecule has 3 aromatic rings. The Morgan fingerprint density at radius 2 is 2.38 bits per heavy atom. The number of nitrogens with zero attached hydrogens (tertiary/aromatic N) is 3. The number of anilines is 1. The lowest BCUT2D eigenvalue weighted by Crippen LogP contribution is -2.22. The van der Waals surface area contributed by atoms with Crippen molar-refractivity contribution in [2.45, 2.75) is 13.0 Å². The van der Waals surface area contributed by atoms with E-state index in [1.807, 2.05) is 24.4 Å². The molecular weight excluding hydrogens is 286 g/mol. The summed E-state index contributed by atoms with van der Waals surface area (Å²) in [5, 5.41) is 11.0. The lowest BCUT2D eigenvalue weighted by Gasteiger charge is -2.09. The second-order valence-electron chi connectivity index (χ2n) is 4.86. The molecule has 21 heavy (non-hydrogen) atoms. The molecule has 0 saturated heterocycles. The van der Waals surface area contributed by atoms with E-state index < -0.39 is 0 Å². The zero-order chi connectivity index (χ0) is 14.2. The van der Waals surface area contributed by atoms with Gasteiger partial charge < -0.3 is 5.32 Å². The summed E-state index contributed by atoms with van der Waals surface area (Å²) in [6, 6.07) is 5.64. The maximum Gasteiger partial charge on any atom is 0.261 e. The van der Waals surface area contributed by atoms with Crippen molar-refractivity contribution in [3.05, 3.63) is 46.7 Å². The number of thiazole rings is 1. The van der Waals surface area contributed by atoms with Crippen LogP contribution in [0.5, 0.6) is 0 Å². The van der Waals surface area contributed by atoms with Crippen LogP contribution in [0.3, 0.4) is 0 Å². The fourth-order valence-electron chi connectivity index (χ4n) is 2.45. The maximum absolute atomic E-state index is 12.4. The van der Waals surface area contributed by atoms with Crippen LogP contribution >= 0.6 is 11.3 Å². The Morgan fingerprint density at radius 1 is 1.43 bits per heavy atom. The molecule has 0 unspecified atom stereocenters. The van der Waals surface area contributed by atoms with Gasteiger partial charge in [0.2, 0.25) is 0 Å². The third-order valence-corrected chi connectivity index (χ3v) is 4.51. The first kappa shape index (κ1) is 12.5. The number of hydrogen-bond donors (Lipinski definition) is 2. The van der Waals surface area contributed by atoms with E-state index in [0.29, 0.717) is 10.7 Å². The highest BCUT2D eigenvalue weighted by Crippen LogP contribution is 2.26. The molecule has 0 spiro atoms. The van der Waals surface area contributed by atoms with E-state index in [1.165, 1.54) is 16.2 Å². The number of hydrogen-bond acceptors (Lipinski definition) is 5. The van der Waals surface area contributed by atoms with Gasteiger partial charge in [0, 0.05) is 30.6 Å². The van der Waals surface area contributed by atoms with Gasteiger partial charge in [0.1, 0.15) is 0 Å². The normalized spacial score (nSPS) is 14.1. The number of carbonyl (C=O) groups excluding carboxylic acids is 1. The maximum atomic E-state index is 12.4. The molecule has 0 radical (unpaired) electrons. The van der Waals surface area contributed by atoms with Gasteiger partial charge in [-0.25, -0.2) is 9.50 Å². The Balaban J connectivity index is 1.62. The highest BCUT2D eigenvalue weighted by Gasteiger charge is 2.18. The van der Waals surface area contributed by atoms with Crippen LogP contribution in [0.4, 0.5) is 5.13 Å². The third-order valence-electron chi connectivity index (χ3n) is 3.49. The highest BCUT2D eigenvalue weighted by molar-refractivity contribution is 7.15. The lowest BCUT2D eigenvalue weighted by molar-refractivity contribution is 0.102. The SMILES string of the molecule is O=C(Nc1nc2c(s1)CNCC2)c1cnn2ccccc12. The molecule has 2 N–H and O–H groups in total. The van der Waals surface area contributed by atoms with Crippen molar-refractivity contribution in [3.8, 4) is 0 Å². The Labute approximate surface area is 124 Å². The fourth-order valence-corrected chi connectivity index (χ4v) is 3.43. The highest BCUT2D eigenvalue weighted by atomic mass is 32.1. The second-order valence-corrected chi connectivity index (χ2v) is 5.94. The van der Waals surface area contributed by atoms with Gasteiger partial charge in [0.05, 0.1) is 23.0 Å². The average molecular weight is 299 g/mol. The number of rotatable bonds is 2. The second kappa shape index (κ2) is 4.94. The van der Waals surface area contributed by atoms with E-state index in [0.717, 1.165) is 30.7 Å². The predicted octanol–water partition coefficient (Wildman–Crippen LogP) is 1.69. The molecule has 1 aliphatic heterocycles. The van der Waals surface area contributed by atoms with Gasteiger partial charge in [-0.2, -0.15) is 5.10 Å². The molecule has 106 valence electrons. The zero-order valence-corrected chi connectivity index (χ0v) is 12.0. The summed E-state index contributed by atoms with van der Waals surface area (Å²) in [6.45, 7) is 1.78. The summed E-state index contributed by atoms with van der Waals surface area (Å²) < 4.78 is 1.69. The number of nitrogens with one attached hydrogen (secondary N) is 2. The first-order valence-corrected chi connectivity index (χ1v) is 7.56. The van der Waals surface area contributed by atoms with Crippen molar-refractivity contribution >= 4 is 27.9 Å². The van der Waals surface area contributed by atoms with Crippen molar-refractivity contribution in [3.63, 3.8) is 0 Å². The van der Waals surface area contributed by atoms with Crippen LogP contribution in [0.25, 0.3) is 5.52 Å². The van der Waals surface area contributed by atoms with Crippen LogP contribution in [0.2, 0.25) is 0 Å².